The van der Waals surface area contributed by atoms with Gasteiger partial charge in [0, 0.05) is 6.42 Å². The Hall–Kier alpha value is -2.87. The van der Waals surface area contributed by atoms with Crippen LogP contribution in [0.2, 0.25) is 0 Å². The van der Waals surface area contributed by atoms with Gasteiger partial charge in [0.15, 0.2) is 0 Å². The molecule has 0 saturated heterocycles. The predicted octanol–water partition coefficient (Wildman–Crippen LogP) is -2.63. The molecule has 0 saturated carbocycles. The molecule has 0 aliphatic carbocycles. The fourth-order valence-electron chi connectivity index (χ4n) is 2.26. The summed E-state index contributed by atoms with van der Waals surface area (Å²) in [5.74, 6) is -5.57. The Morgan fingerprint density at radius 3 is 1.97 bits per heavy atom. The van der Waals surface area contributed by atoms with E-state index in [0.717, 1.165) is 0 Å². The first-order valence-electron chi connectivity index (χ1n) is 9.27. The highest BCUT2D eigenvalue weighted by Gasteiger charge is 2.30. The van der Waals surface area contributed by atoms with Crippen LogP contribution in [0.4, 0.5) is 0 Å². The number of aliphatic carboxylic acids is 2. The molecule has 9 N–H and O–H groups in total. The summed E-state index contributed by atoms with van der Waals surface area (Å²) in [6.45, 7) is 1.32. The normalized spacial score (nSPS) is 14.4. The van der Waals surface area contributed by atoms with Gasteiger partial charge >= 0.3 is 11.9 Å². The predicted molar refractivity (Wildman–Crippen MR) is 111 cm³/mol. The van der Waals surface area contributed by atoms with Crippen molar-refractivity contribution >= 4 is 47.3 Å². The van der Waals surface area contributed by atoms with Gasteiger partial charge in [-0.3, -0.25) is 24.0 Å². The number of rotatable bonds is 15. The topological polar surface area (TPSA) is 231 Å². The average Bonchev–Trinajstić information content (AvgIpc) is 2.67. The van der Waals surface area contributed by atoms with Gasteiger partial charge in [-0.05, 0) is 31.8 Å². The molecule has 0 aromatic heterocycles. The van der Waals surface area contributed by atoms with E-state index in [1.54, 1.807) is 0 Å². The first kappa shape index (κ1) is 28.1. The molecule has 31 heavy (non-hydrogen) atoms. The van der Waals surface area contributed by atoms with Crippen molar-refractivity contribution in [2.24, 2.45) is 11.5 Å². The van der Waals surface area contributed by atoms with Crippen LogP contribution in [0.5, 0.6) is 0 Å². The number of carboxylic acid groups (broad SMARTS) is 2. The summed E-state index contributed by atoms with van der Waals surface area (Å²) in [7, 11) is 0. The Kier molecular flexibility index (Phi) is 12.9. The van der Waals surface area contributed by atoms with Crippen LogP contribution in [0, 0.1) is 0 Å². The van der Waals surface area contributed by atoms with Crippen molar-refractivity contribution in [3.05, 3.63) is 0 Å². The van der Waals surface area contributed by atoms with Crippen molar-refractivity contribution < 1.29 is 39.0 Å². The van der Waals surface area contributed by atoms with Crippen molar-refractivity contribution in [3.8, 4) is 0 Å². The Bertz CT molecular complexity index is 689. The van der Waals surface area contributed by atoms with Crippen LogP contribution in [-0.4, -0.2) is 82.0 Å². The van der Waals surface area contributed by atoms with Crippen molar-refractivity contribution in [1.82, 2.24) is 16.0 Å². The number of nitrogens with one attached hydrogen (secondary N) is 3. The minimum atomic E-state index is -1.62. The first-order valence-corrected chi connectivity index (χ1v) is 10.7. The highest BCUT2D eigenvalue weighted by molar-refractivity contribution is 7.98. The molecule has 176 valence electrons. The molecule has 0 bridgehead atoms. The number of primary amides is 1. The molecular weight excluding hydrogens is 434 g/mol. The zero-order valence-electron chi connectivity index (χ0n) is 17.3. The Morgan fingerprint density at radius 1 is 0.903 bits per heavy atom. The van der Waals surface area contributed by atoms with Crippen LogP contribution in [-0.2, 0) is 28.8 Å². The molecule has 0 aliphatic heterocycles. The Labute approximate surface area is 183 Å². The van der Waals surface area contributed by atoms with E-state index < -0.39 is 66.2 Å². The maximum Gasteiger partial charge on any atom is 0.326 e. The average molecular weight is 464 g/mol. The minimum absolute atomic E-state index is 0.315. The lowest BCUT2D eigenvalue weighted by Crippen LogP contribution is -2.56. The minimum Gasteiger partial charge on any atom is -0.481 e. The maximum absolute atomic E-state index is 12.4. The standard InChI is InChI=1S/C17H29N5O8S/c1-8(20-15(27)9(18)5-6-31-2)14(26)22-11(7-13(24)25)16(28)21-10(17(29)30)3-4-12(19)23/h8-11H,3-7,18H2,1-2H3,(H2,19,23)(H,20,27)(H,21,28)(H,22,26)(H,24,25)(H,29,30). The molecule has 0 spiro atoms. The fourth-order valence-corrected chi connectivity index (χ4v) is 2.75. The Balaban J connectivity index is 5.09. The van der Waals surface area contributed by atoms with Gasteiger partial charge in [-0.1, -0.05) is 0 Å². The lowest BCUT2D eigenvalue weighted by molar-refractivity contribution is -0.143. The Morgan fingerprint density at radius 2 is 1.48 bits per heavy atom. The SMILES string of the molecule is CSCCC(N)C(=O)NC(C)C(=O)NC(CC(=O)O)C(=O)NC(CCC(N)=O)C(=O)O. The number of carboxylic acids is 2. The highest BCUT2D eigenvalue weighted by atomic mass is 32.2. The number of thioether (sulfide) groups is 1. The van der Waals surface area contributed by atoms with E-state index in [2.05, 4.69) is 16.0 Å². The van der Waals surface area contributed by atoms with E-state index in [1.165, 1.54) is 18.7 Å². The van der Waals surface area contributed by atoms with Gasteiger partial charge in [0.1, 0.15) is 18.1 Å². The first-order chi connectivity index (χ1) is 14.4. The van der Waals surface area contributed by atoms with Crippen LogP contribution in [0.1, 0.15) is 32.6 Å². The molecule has 4 amide bonds. The maximum atomic E-state index is 12.4. The van der Waals surface area contributed by atoms with Crippen LogP contribution in [0.25, 0.3) is 0 Å². The van der Waals surface area contributed by atoms with E-state index in [0.29, 0.717) is 12.2 Å². The molecule has 4 unspecified atom stereocenters. The summed E-state index contributed by atoms with van der Waals surface area (Å²) in [6.07, 6.45) is 0.746. The van der Waals surface area contributed by atoms with Crippen LogP contribution in [0.15, 0.2) is 0 Å². The van der Waals surface area contributed by atoms with Gasteiger partial charge in [-0.2, -0.15) is 11.8 Å². The molecule has 0 aromatic rings. The summed E-state index contributed by atoms with van der Waals surface area (Å²) in [5.41, 5.74) is 10.7. The molecule has 13 nitrogen and oxygen atoms in total. The second kappa shape index (κ2) is 14.2. The van der Waals surface area contributed by atoms with E-state index in [1.807, 2.05) is 6.26 Å². The van der Waals surface area contributed by atoms with E-state index >= 15 is 0 Å². The van der Waals surface area contributed by atoms with Gasteiger partial charge in [-0.15, -0.1) is 0 Å². The zero-order valence-corrected chi connectivity index (χ0v) is 18.1. The molecule has 0 aromatic carbocycles. The van der Waals surface area contributed by atoms with Crippen LogP contribution < -0.4 is 27.4 Å². The number of carbonyl (C=O) groups excluding carboxylic acids is 4. The van der Waals surface area contributed by atoms with Crippen molar-refractivity contribution in [2.75, 3.05) is 12.0 Å². The van der Waals surface area contributed by atoms with Gasteiger partial charge in [0.05, 0.1) is 12.5 Å². The smallest absolute Gasteiger partial charge is 0.326 e. The molecule has 0 fully saturated rings. The lowest BCUT2D eigenvalue weighted by Gasteiger charge is -2.22. The molecule has 0 aliphatic rings. The molecule has 14 heteroatoms. The van der Waals surface area contributed by atoms with E-state index in [-0.39, 0.29) is 12.8 Å². The van der Waals surface area contributed by atoms with Gasteiger partial charge in [0.2, 0.25) is 23.6 Å². The van der Waals surface area contributed by atoms with E-state index in [9.17, 15) is 28.8 Å². The summed E-state index contributed by atoms with van der Waals surface area (Å²) in [4.78, 5) is 69.9. The molecule has 0 radical (unpaired) electrons. The number of hydrogen-bond acceptors (Lipinski definition) is 8. The number of amides is 4. The number of hydrogen-bond donors (Lipinski definition) is 7. The summed E-state index contributed by atoms with van der Waals surface area (Å²) < 4.78 is 0. The second-order valence-electron chi connectivity index (χ2n) is 6.68. The van der Waals surface area contributed by atoms with Gasteiger partial charge in [0.25, 0.3) is 0 Å². The van der Waals surface area contributed by atoms with Crippen molar-refractivity contribution in [1.29, 1.82) is 0 Å². The molecule has 4 atom stereocenters. The van der Waals surface area contributed by atoms with Crippen LogP contribution >= 0.6 is 11.8 Å². The largest absolute Gasteiger partial charge is 0.481 e. The molecule has 0 heterocycles. The van der Waals surface area contributed by atoms with Crippen molar-refractivity contribution in [3.63, 3.8) is 0 Å². The van der Waals surface area contributed by atoms with Crippen molar-refractivity contribution in [2.45, 2.75) is 56.8 Å². The highest BCUT2D eigenvalue weighted by Crippen LogP contribution is 2.02. The third kappa shape index (κ3) is 11.8. The summed E-state index contributed by atoms with van der Waals surface area (Å²) >= 11 is 1.49. The summed E-state index contributed by atoms with van der Waals surface area (Å²) in [6, 6.07) is -5.12. The fraction of sp³-hybridized carbons (Fsp3) is 0.647. The number of nitrogens with two attached hydrogens (primary N) is 2. The zero-order chi connectivity index (χ0) is 24.1. The third-order valence-corrected chi connectivity index (χ3v) is 4.67. The van der Waals surface area contributed by atoms with Gasteiger partial charge < -0.3 is 37.6 Å². The number of carbonyl (C=O) groups is 6. The quantitative estimate of drug-likeness (QED) is 0.133. The van der Waals surface area contributed by atoms with Crippen LogP contribution in [0.3, 0.4) is 0 Å². The molecular formula is C17H29N5O8S. The molecule has 0 rings (SSSR count). The third-order valence-electron chi connectivity index (χ3n) is 4.03. The van der Waals surface area contributed by atoms with E-state index in [4.69, 9.17) is 21.7 Å². The lowest BCUT2D eigenvalue weighted by atomic mass is 10.1. The summed E-state index contributed by atoms with van der Waals surface area (Å²) in [5, 5.41) is 24.8. The second-order valence-corrected chi connectivity index (χ2v) is 7.67. The van der Waals surface area contributed by atoms with Gasteiger partial charge in [-0.25, -0.2) is 4.79 Å². The monoisotopic (exact) mass is 463 g/mol.